The Kier molecular flexibility index (Phi) is 4.19. The second-order valence-corrected chi connectivity index (χ2v) is 8.06. The van der Waals surface area contributed by atoms with Crippen molar-refractivity contribution >= 4 is 23.2 Å². The molecule has 0 atom stereocenters. The zero-order valence-electron chi connectivity index (χ0n) is 15.1. The highest BCUT2D eigenvalue weighted by Crippen LogP contribution is 2.26. The van der Waals surface area contributed by atoms with Crippen LogP contribution in [0.4, 0.5) is 0 Å². The van der Waals surface area contributed by atoms with Gasteiger partial charge in [0, 0.05) is 26.1 Å². The van der Waals surface area contributed by atoms with Gasteiger partial charge in [0.25, 0.3) is 5.91 Å². The van der Waals surface area contributed by atoms with Crippen molar-refractivity contribution in [3.8, 4) is 10.6 Å². The van der Waals surface area contributed by atoms with Crippen LogP contribution in [-0.2, 0) is 11.3 Å². The van der Waals surface area contributed by atoms with Crippen LogP contribution in [0.1, 0.15) is 35.1 Å². The molecule has 5 rings (SSSR count). The number of amides is 2. The van der Waals surface area contributed by atoms with E-state index in [2.05, 4.69) is 20.5 Å². The van der Waals surface area contributed by atoms with E-state index in [1.54, 1.807) is 27.0 Å². The molecule has 2 aliphatic rings. The van der Waals surface area contributed by atoms with Gasteiger partial charge in [0.2, 0.25) is 5.91 Å². The summed E-state index contributed by atoms with van der Waals surface area (Å²) in [6.07, 6.45) is 3.41. The number of likely N-dealkylation sites (tertiary alicyclic amines) is 2. The number of hydrogen-bond donors (Lipinski definition) is 1. The highest BCUT2D eigenvalue weighted by Gasteiger charge is 2.34. The van der Waals surface area contributed by atoms with Crippen LogP contribution in [0.25, 0.3) is 10.6 Å². The molecule has 2 aliphatic heterocycles. The minimum absolute atomic E-state index is 0.0849. The zero-order chi connectivity index (χ0) is 19.1. The van der Waals surface area contributed by atoms with Gasteiger partial charge in [0.1, 0.15) is 5.69 Å². The topological polar surface area (TPSA) is 100 Å². The highest BCUT2D eigenvalue weighted by atomic mass is 32.1. The monoisotopic (exact) mass is 397 g/mol. The maximum absolute atomic E-state index is 12.6. The molecule has 0 spiro atoms. The van der Waals surface area contributed by atoms with Gasteiger partial charge in [-0.05, 0) is 23.9 Å². The molecule has 10 heteroatoms. The van der Waals surface area contributed by atoms with Crippen molar-refractivity contribution in [2.75, 3.05) is 19.6 Å². The molecule has 3 aromatic heterocycles. The lowest BCUT2D eigenvalue weighted by Gasteiger charge is -2.38. The molecule has 1 N–H and O–H groups in total. The molecular weight excluding hydrogens is 378 g/mol. The lowest BCUT2D eigenvalue weighted by atomic mass is 10.1. The van der Waals surface area contributed by atoms with Crippen molar-refractivity contribution in [1.29, 1.82) is 0 Å². The number of H-pyrrole nitrogens is 1. The van der Waals surface area contributed by atoms with E-state index < -0.39 is 0 Å². The lowest BCUT2D eigenvalue weighted by Crippen LogP contribution is -2.51. The van der Waals surface area contributed by atoms with Crippen LogP contribution in [-0.4, -0.2) is 66.4 Å². The quantitative estimate of drug-likeness (QED) is 0.704. The van der Waals surface area contributed by atoms with Gasteiger partial charge in [-0.3, -0.25) is 14.7 Å². The average Bonchev–Trinajstić information content (AvgIpc) is 3.42. The summed E-state index contributed by atoms with van der Waals surface area (Å²) < 4.78 is 1.79. The van der Waals surface area contributed by atoms with Crippen LogP contribution in [0.15, 0.2) is 29.8 Å². The molecule has 5 heterocycles. The predicted molar refractivity (Wildman–Crippen MR) is 102 cm³/mol. The highest BCUT2D eigenvalue weighted by molar-refractivity contribution is 7.13. The fraction of sp³-hybridized carbons (Fsp3) is 0.389. The normalized spacial score (nSPS) is 17.4. The molecule has 9 nitrogen and oxygen atoms in total. The number of aromatic amines is 1. The molecule has 0 radical (unpaired) electrons. The van der Waals surface area contributed by atoms with Gasteiger partial charge in [0.15, 0.2) is 5.69 Å². The number of thiophene rings is 1. The van der Waals surface area contributed by atoms with E-state index in [0.717, 1.165) is 29.2 Å². The second kappa shape index (κ2) is 6.86. The Morgan fingerprint density at radius 3 is 3.00 bits per heavy atom. The van der Waals surface area contributed by atoms with Crippen molar-refractivity contribution in [2.45, 2.75) is 25.4 Å². The van der Waals surface area contributed by atoms with Crippen molar-refractivity contribution in [2.24, 2.45) is 0 Å². The SMILES string of the molecule is O=C1CCCN1Cc1cn(C2CN(C(=O)c3cc(-c4cccs4)[nH]n3)C2)nn1. The fourth-order valence-corrected chi connectivity index (χ4v) is 4.26. The van der Waals surface area contributed by atoms with Crippen molar-refractivity contribution < 1.29 is 9.59 Å². The summed E-state index contributed by atoms with van der Waals surface area (Å²) in [6.45, 7) is 2.44. The minimum atomic E-state index is -0.0849. The van der Waals surface area contributed by atoms with E-state index >= 15 is 0 Å². The van der Waals surface area contributed by atoms with Crippen molar-refractivity contribution in [3.05, 3.63) is 41.2 Å². The van der Waals surface area contributed by atoms with Gasteiger partial charge in [-0.1, -0.05) is 11.3 Å². The first-order valence-corrected chi connectivity index (χ1v) is 10.1. The van der Waals surface area contributed by atoms with Crippen LogP contribution in [0.5, 0.6) is 0 Å². The molecule has 0 saturated carbocycles. The summed E-state index contributed by atoms with van der Waals surface area (Å²) in [5, 5.41) is 17.4. The van der Waals surface area contributed by atoms with Crippen LogP contribution in [0.3, 0.4) is 0 Å². The number of aromatic nitrogens is 5. The van der Waals surface area contributed by atoms with Gasteiger partial charge in [-0.2, -0.15) is 5.10 Å². The molecule has 0 bridgehead atoms. The molecule has 0 unspecified atom stereocenters. The summed E-state index contributed by atoms with van der Waals surface area (Å²) >= 11 is 1.60. The van der Waals surface area contributed by atoms with Crippen molar-refractivity contribution in [1.82, 2.24) is 35.0 Å². The average molecular weight is 397 g/mol. The Morgan fingerprint density at radius 1 is 1.36 bits per heavy atom. The van der Waals surface area contributed by atoms with Crippen LogP contribution in [0, 0.1) is 0 Å². The molecule has 2 saturated heterocycles. The van der Waals surface area contributed by atoms with Crippen LogP contribution < -0.4 is 0 Å². The Labute approximate surface area is 164 Å². The number of hydrogen-bond acceptors (Lipinski definition) is 6. The van der Waals surface area contributed by atoms with E-state index in [9.17, 15) is 9.59 Å². The smallest absolute Gasteiger partial charge is 0.274 e. The minimum Gasteiger partial charge on any atom is -0.337 e. The number of carbonyl (C=O) groups excluding carboxylic acids is 2. The Hall–Kier alpha value is -3.01. The van der Waals surface area contributed by atoms with E-state index in [-0.39, 0.29) is 17.9 Å². The second-order valence-electron chi connectivity index (χ2n) is 7.12. The van der Waals surface area contributed by atoms with Crippen molar-refractivity contribution in [3.63, 3.8) is 0 Å². The Bertz CT molecular complexity index is 1000. The molecule has 2 fully saturated rings. The third kappa shape index (κ3) is 3.09. The summed E-state index contributed by atoms with van der Waals surface area (Å²) in [5.41, 5.74) is 2.06. The van der Waals surface area contributed by atoms with E-state index in [4.69, 9.17) is 0 Å². The molecule has 144 valence electrons. The largest absolute Gasteiger partial charge is 0.337 e. The summed E-state index contributed by atoms with van der Waals surface area (Å²) in [6, 6.07) is 5.86. The molecule has 2 amide bonds. The fourth-order valence-electron chi connectivity index (χ4n) is 3.57. The van der Waals surface area contributed by atoms with E-state index in [0.29, 0.717) is 31.7 Å². The van der Waals surface area contributed by atoms with Gasteiger partial charge in [-0.25, -0.2) is 4.68 Å². The molecule has 0 aliphatic carbocycles. The third-order valence-electron chi connectivity index (χ3n) is 5.19. The zero-order valence-corrected chi connectivity index (χ0v) is 15.9. The first-order chi connectivity index (χ1) is 13.7. The third-order valence-corrected chi connectivity index (χ3v) is 6.09. The Morgan fingerprint density at radius 2 is 2.25 bits per heavy atom. The van der Waals surface area contributed by atoms with Gasteiger partial charge in [-0.15, -0.1) is 16.4 Å². The van der Waals surface area contributed by atoms with E-state index in [1.165, 1.54) is 0 Å². The number of rotatable bonds is 5. The summed E-state index contributed by atoms with van der Waals surface area (Å²) in [5.74, 6) is 0.0918. The molecular formula is C18H19N7O2S. The van der Waals surface area contributed by atoms with Gasteiger partial charge < -0.3 is 9.80 Å². The maximum Gasteiger partial charge on any atom is 0.274 e. The number of nitrogens with zero attached hydrogens (tertiary/aromatic N) is 6. The lowest BCUT2D eigenvalue weighted by molar-refractivity contribution is -0.128. The molecule has 0 aromatic carbocycles. The first-order valence-electron chi connectivity index (χ1n) is 9.24. The molecule has 28 heavy (non-hydrogen) atoms. The van der Waals surface area contributed by atoms with E-state index in [1.807, 2.05) is 28.6 Å². The van der Waals surface area contributed by atoms with Crippen LogP contribution >= 0.6 is 11.3 Å². The number of nitrogens with one attached hydrogen (secondary N) is 1. The maximum atomic E-state index is 12.6. The summed E-state index contributed by atoms with van der Waals surface area (Å²) in [7, 11) is 0. The standard InChI is InChI=1S/C18H19N7O2S/c26-17-4-1-5-23(17)8-12-9-25(22-19-12)13-10-24(11-13)18(27)15-7-14(20-21-15)16-3-2-6-28-16/h2-3,6-7,9,13H,1,4-5,8,10-11H2,(H,20,21). The Balaban J connectivity index is 1.18. The summed E-state index contributed by atoms with van der Waals surface area (Å²) in [4.78, 5) is 29.0. The van der Waals surface area contributed by atoms with Gasteiger partial charge >= 0.3 is 0 Å². The molecule has 3 aromatic rings. The van der Waals surface area contributed by atoms with Gasteiger partial charge in [0.05, 0.1) is 29.4 Å². The first kappa shape index (κ1) is 17.1. The van der Waals surface area contributed by atoms with Crippen LogP contribution in [0.2, 0.25) is 0 Å². The predicted octanol–water partition coefficient (Wildman–Crippen LogP) is 1.55. The number of carbonyl (C=O) groups is 2.